The average Bonchev–Trinajstić information content (AvgIpc) is 2.84. The van der Waals surface area contributed by atoms with Gasteiger partial charge in [0.05, 0.1) is 11.3 Å². The maximum atomic E-state index is 12.1. The zero-order chi connectivity index (χ0) is 12.7. The van der Waals surface area contributed by atoms with E-state index >= 15 is 0 Å². The highest BCUT2D eigenvalue weighted by atomic mass is 79.9. The van der Waals surface area contributed by atoms with Crippen LogP contribution in [0.5, 0.6) is 0 Å². The molecule has 3 rings (SSSR count). The van der Waals surface area contributed by atoms with Crippen molar-refractivity contribution in [3.8, 4) is 6.07 Å². The van der Waals surface area contributed by atoms with Crippen LogP contribution in [-0.2, 0) is 4.79 Å². The van der Waals surface area contributed by atoms with E-state index in [1.165, 1.54) is 19.3 Å². The van der Waals surface area contributed by atoms with Gasteiger partial charge in [0.15, 0.2) is 0 Å². The molecule has 92 valence electrons. The molecule has 1 amide bonds. The van der Waals surface area contributed by atoms with Crippen LogP contribution in [0.3, 0.4) is 0 Å². The number of fused-ring (bicyclic) bond motifs is 1. The van der Waals surface area contributed by atoms with Gasteiger partial charge in [-0.2, -0.15) is 5.26 Å². The molecule has 18 heavy (non-hydrogen) atoms. The third kappa shape index (κ3) is 1.93. The van der Waals surface area contributed by atoms with Gasteiger partial charge in [-0.25, -0.2) is 0 Å². The lowest BCUT2D eigenvalue weighted by atomic mass is 10.1. The van der Waals surface area contributed by atoms with Gasteiger partial charge in [-0.1, -0.05) is 22.4 Å². The fourth-order valence-corrected chi connectivity index (χ4v) is 3.50. The van der Waals surface area contributed by atoms with Crippen LogP contribution in [0.15, 0.2) is 22.7 Å². The van der Waals surface area contributed by atoms with E-state index in [0.29, 0.717) is 23.1 Å². The summed E-state index contributed by atoms with van der Waals surface area (Å²) in [6.45, 7) is 0. The number of halogens is 1. The van der Waals surface area contributed by atoms with Crippen LogP contribution in [0, 0.1) is 29.1 Å². The van der Waals surface area contributed by atoms with Gasteiger partial charge in [-0.05, 0) is 42.9 Å². The van der Waals surface area contributed by atoms with E-state index in [1.54, 1.807) is 18.2 Å². The van der Waals surface area contributed by atoms with E-state index < -0.39 is 0 Å². The third-order valence-corrected chi connectivity index (χ3v) is 4.56. The minimum absolute atomic E-state index is 0.0827. The van der Waals surface area contributed by atoms with E-state index in [0.717, 1.165) is 4.47 Å². The summed E-state index contributed by atoms with van der Waals surface area (Å²) in [5, 5.41) is 11.9. The normalized spacial score (nSPS) is 28.3. The van der Waals surface area contributed by atoms with Crippen LogP contribution in [0.4, 0.5) is 5.69 Å². The van der Waals surface area contributed by atoms with E-state index in [2.05, 4.69) is 27.3 Å². The molecule has 2 unspecified atom stereocenters. The number of nitrogens with zero attached hydrogens (tertiary/aromatic N) is 1. The Bertz CT molecular complexity index is 539. The number of carbonyl (C=O) groups excluding carboxylic acids is 1. The third-order valence-electron chi connectivity index (χ3n) is 4.07. The fourth-order valence-electron chi connectivity index (χ4n) is 3.14. The van der Waals surface area contributed by atoms with Crippen molar-refractivity contribution in [3.05, 3.63) is 28.2 Å². The summed E-state index contributed by atoms with van der Waals surface area (Å²) in [6, 6.07) is 7.41. The van der Waals surface area contributed by atoms with E-state index in [9.17, 15) is 4.79 Å². The Morgan fingerprint density at radius 3 is 2.78 bits per heavy atom. The summed E-state index contributed by atoms with van der Waals surface area (Å²) in [6.07, 6.45) is 3.64. The molecule has 1 N–H and O–H groups in total. The Hall–Kier alpha value is -1.34. The van der Waals surface area contributed by atoms with Gasteiger partial charge in [-0.15, -0.1) is 0 Å². The summed E-state index contributed by atoms with van der Waals surface area (Å²) in [4.78, 5) is 12.1. The lowest BCUT2D eigenvalue weighted by molar-refractivity contribution is -0.118. The molecule has 0 radical (unpaired) electrons. The van der Waals surface area contributed by atoms with Gasteiger partial charge in [0, 0.05) is 10.4 Å². The minimum Gasteiger partial charge on any atom is -0.325 e. The molecule has 0 spiro atoms. The van der Waals surface area contributed by atoms with E-state index in [4.69, 9.17) is 5.26 Å². The standard InChI is InChI=1S/C14H13BrN2O/c15-9-5-4-8(7-16)12(6-9)17-14(18)13-10-2-1-3-11(10)13/h4-6,10-11,13H,1-3H2,(H,17,18). The fraction of sp³-hybridized carbons (Fsp3) is 0.429. The molecular formula is C14H13BrN2O. The SMILES string of the molecule is N#Cc1ccc(Br)cc1NC(=O)C1C2CCCC21. The summed E-state index contributed by atoms with van der Waals surface area (Å²) >= 11 is 3.36. The maximum Gasteiger partial charge on any atom is 0.228 e. The predicted molar refractivity (Wildman–Crippen MR) is 71.8 cm³/mol. The highest BCUT2D eigenvalue weighted by Crippen LogP contribution is 2.57. The first-order valence-electron chi connectivity index (χ1n) is 6.21. The second-order valence-electron chi connectivity index (χ2n) is 5.08. The van der Waals surface area contributed by atoms with Crippen LogP contribution in [-0.4, -0.2) is 5.91 Å². The summed E-state index contributed by atoms with van der Waals surface area (Å²) in [7, 11) is 0. The van der Waals surface area contributed by atoms with Crippen molar-refractivity contribution in [1.82, 2.24) is 0 Å². The van der Waals surface area contributed by atoms with Crippen molar-refractivity contribution < 1.29 is 4.79 Å². The molecular weight excluding hydrogens is 292 g/mol. The predicted octanol–water partition coefficient (Wildman–Crippen LogP) is 3.31. The van der Waals surface area contributed by atoms with Crippen LogP contribution in [0.1, 0.15) is 24.8 Å². The molecule has 4 heteroatoms. The molecule has 2 fully saturated rings. The molecule has 2 aliphatic carbocycles. The second-order valence-corrected chi connectivity index (χ2v) is 5.99. The Morgan fingerprint density at radius 2 is 2.11 bits per heavy atom. The van der Waals surface area contributed by atoms with Crippen molar-refractivity contribution >= 4 is 27.5 Å². The number of hydrogen-bond acceptors (Lipinski definition) is 2. The number of anilines is 1. The molecule has 2 atom stereocenters. The second kappa shape index (κ2) is 4.40. The largest absolute Gasteiger partial charge is 0.325 e. The lowest BCUT2D eigenvalue weighted by Crippen LogP contribution is -2.17. The number of hydrogen-bond donors (Lipinski definition) is 1. The van der Waals surface area contributed by atoms with Crippen LogP contribution in [0.2, 0.25) is 0 Å². The number of rotatable bonds is 2. The molecule has 1 aromatic carbocycles. The Morgan fingerprint density at radius 1 is 1.39 bits per heavy atom. The monoisotopic (exact) mass is 304 g/mol. The molecule has 2 saturated carbocycles. The first-order valence-corrected chi connectivity index (χ1v) is 7.00. The molecule has 2 aliphatic rings. The van der Waals surface area contributed by atoms with E-state index in [-0.39, 0.29) is 11.8 Å². The van der Waals surface area contributed by atoms with Gasteiger partial charge in [0.1, 0.15) is 6.07 Å². The van der Waals surface area contributed by atoms with Crippen molar-refractivity contribution in [2.24, 2.45) is 17.8 Å². The number of amides is 1. The lowest BCUT2D eigenvalue weighted by Gasteiger charge is -2.08. The summed E-state index contributed by atoms with van der Waals surface area (Å²) in [5.74, 6) is 1.47. The van der Waals surface area contributed by atoms with Gasteiger partial charge < -0.3 is 5.32 Å². The molecule has 0 bridgehead atoms. The summed E-state index contributed by atoms with van der Waals surface area (Å²) in [5.41, 5.74) is 1.12. The number of nitriles is 1. The van der Waals surface area contributed by atoms with E-state index in [1.807, 2.05) is 0 Å². The van der Waals surface area contributed by atoms with Crippen molar-refractivity contribution in [3.63, 3.8) is 0 Å². The molecule has 0 aliphatic heterocycles. The summed E-state index contributed by atoms with van der Waals surface area (Å²) < 4.78 is 0.868. The smallest absolute Gasteiger partial charge is 0.228 e. The van der Waals surface area contributed by atoms with Crippen LogP contribution in [0.25, 0.3) is 0 Å². The number of benzene rings is 1. The zero-order valence-electron chi connectivity index (χ0n) is 9.82. The first kappa shape index (κ1) is 11.7. The number of carbonyl (C=O) groups is 1. The molecule has 0 heterocycles. The zero-order valence-corrected chi connectivity index (χ0v) is 11.4. The maximum absolute atomic E-state index is 12.1. The Balaban J connectivity index is 1.75. The van der Waals surface area contributed by atoms with Crippen molar-refractivity contribution in [1.29, 1.82) is 5.26 Å². The Kier molecular flexibility index (Phi) is 2.87. The average molecular weight is 305 g/mol. The highest BCUT2D eigenvalue weighted by Gasteiger charge is 2.56. The van der Waals surface area contributed by atoms with Gasteiger partial charge in [0.25, 0.3) is 0 Å². The van der Waals surface area contributed by atoms with Crippen LogP contribution < -0.4 is 5.32 Å². The van der Waals surface area contributed by atoms with Crippen molar-refractivity contribution in [2.75, 3.05) is 5.32 Å². The molecule has 0 aromatic heterocycles. The first-order chi connectivity index (χ1) is 8.70. The molecule has 0 saturated heterocycles. The van der Waals surface area contributed by atoms with Crippen molar-refractivity contribution in [2.45, 2.75) is 19.3 Å². The highest BCUT2D eigenvalue weighted by molar-refractivity contribution is 9.10. The number of nitrogens with one attached hydrogen (secondary N) is 1. The Labute approximate surface area is 114 Å². The van der Waals surface area contributed by atoms with Crippen LogP contribution >= 0.6 is 15.9 Å². The quantitative estimate of drug-likeness (QED) is 0.911. The van der Waals surface area contributed by atoms with Gasteiger partial charge >= 0.3 is 0 Å². The molecule has 1 aromatic rings. The van der Waals surface area contributed by atoms with Gasteiger partial charge in [0.2, 0.25) is 5.91 Å². The topological polar surface area (TPSA) is 52.9 Å². The van der Waals surface area contributed by atoms with Gasteiger partial charge in [-0.3, -0.25) is 4.79 Å². The minimum atomic E-state index is 0.0827. The molecule has 3 nitrogen and oxygen atoms in total.